The summed E-state index contributed by atoms with van der Waals surface area (Å²) in [7, 11) is 0. The van der Waals surface area contributed by atoms with E-state index in [1.165, 1.54) is 0 Å². The van der Waals surface area contributed by atoms with Gasteiger partial charge in [-0.2, -0.15) is 0 Å². The van der Waals surface area contributed by atoms with E-state index in [-0.39, 0.29) is 18.3 Å². The van der Waals surface area contributed by atoms with E-state index in [0.29, 0.717) is 0 Å². The minimum atomic E-state index is -2.36. The molecule has 2 rings (SSSR count). The van der Waals surface area contributed by atoms with Crippen LogP contribution in [0.5, 0.6) is 0 Å². The molecule has 0 aromatic carbocycles. The van der Waals surface area contributed by atoms with Gasteiger partial charge in [-0.1, -0.05) is 0 Å². The van der Waals surface area contributed by atoms with Crippen molar-refractivity contribution in [2.45, 2.75) is 32.1 Å². The predicted octanol–water partition coefficient (Wildman–Crippen LogP) is 2.14. The first-order valence-corrected chi connectivity index (χ1v) is 5.73. The monoisotopic (exact) mass is 219 g/mol. The van der Waals surface area contributed by atoms with Crippen molar-refractivity contribution in [1.82, 2.24) is 4.90 Å². The fourth-order valence-corrected chi connectivity index (χ4v) is 2.86. The molecule has 0 radical (unpaired) electrons. The average molecular weight is 219 g/mol. The lowest BCUT2D eigenvalue weighted by molar-refractivity contribution is -0.213. The van der Waals surface area contributed by atoms with Gasteiger partial charge in [0.05, 0.1) is 0 Å². The molecule has 1 saturated carbocycles. The number of rotatable bonds is 5. The van der Waals surface area contributed by atoms with E-state index in [4.69, 9.17) is 4.74 Å². The summed E-state index contributed by atoms with van der Waals surface area (Å²) in [6.07, 6.45) is 1.24. The fraction of sp³-hybridized carbons (Fsp3) is 1.00. The first-order chi connectivity index (χ1) is 7.05. The summed E-state index contributed by atoms with van der Waals surface area (Å²) >= 11 is 0. The van der Waals surface area contributed by atoms with Crippen molar-refractivity contribution in [3.05, 3.63) is 0 Å². The summed E-state index contributed by atoms with van der Waals surface area (Å²) in [6, 6.07) is 0. The molecule has 1 saturated heterocycles. The molecule has 1 heterocycles. The van der Waals surface area contributed by atoms with Crippen molar-refractivity contribution >= 4 is 0 Å². The topological polar surface area (TPSA) is 12.5 Å². The van der Waals surface area contributed by atoms with Gasteiger partial charge in [-0.05, 0) is 13.3 Å². The highest BCUT2D eigenvalue weighted by molar-refractivity contribution is 5.07. The first-order valence-electron chi connectivity index (χ1n) is 5.73. The molecule has 0 aromatic heterocycles. The SMILES string of the molecule is CCOCCCN1CC2(C1)CC(F)(F)C2. The van der Waals surface area contributed by atoms with Gasteiger partial charge >= 0.3 is 0 Å². The van der Waals surface area contributed by atoms with Gasteiger partial charge in [0, 0.05) is 51.1 Å². The molecule has 2 nitrogen and oxygen atoms in total. The number of hydrogen-bond acceptors (Lipinski definition) is 2. The third-order valence-electron chi connectivity index (χ3n) is 3.35. The Morgan fingerprint density at radius 1 is 1.27 bits per heavy atom. The summed E-state index contributed by atoms with van der Waals surface area (Å²) < 4.78 is 30.6. The zero-order valence-corrected chi connectivity index (χ0v) is 9.27. The summed E-state index contributed by atoms with van der Waals surface area (Å²) in [4.78, 5) is 2.26. The molecule has 15 heavy (non-hydrogen) atoms. The van der Waals surface area contributed by atoms with Gasteiger partial charge in [0.1, 0.15) is 0 Å². The van der Waals surface area contributed by atoms with Crippen molar-refractivity contribution in [1.29, 1.82) is 0 Å². The van der Waals surface area contributed by atoms with Crippen molar-refractivity contribution in [3.63, 3.8) is 0 Å². The van der Waals surface area contributed by atoms with E-state index >= 15 is 0 Å². The number of halogens is 2. The lowest BCUT2D eigenvalue weighted by atomic mass is 9.61. The molecular formula is C11H19F2NO. The van der Waals surface area contributed by atoms with E-state index in [9.17, 15) is 8.78 Å². The van der Waals surface area contributed by atoms with E-state index in [1.807, 2.05) is 6.92 Å². The Labute approximate surface area is 89.6 Å². The summed E-state index contributed by atoms with van der Waals surface area (Å²) in [5.41, 5.74) is -0.0187. The third-order valence-corrected chi connectivity index (χ3v) is 3.35. The lowest BCUT2D eigenvalue weighted by Gasteiger charge is -2.58. The second-order valence-electron chi connectivity index (χ2n) is 4.97. The number of nitrogens with zero attached hydrogens (tertiary/aromatic N) is 1. The standard InChI is InChI=1S/C11H19F2NO/c1-2-15-5-3-4-14-8-10(9-14)6-11(12,13)7-10/h2-9H2,1H3. The molecule has 2 fully saturated rings. The maximum Gasteiger partial charge on any atom is 0.249 e. The molecule has 2 aliphatic rings. The van der Waals surface area contributed by atoms with Gasteiger partial charge < -0.3 is 9.64 Å². The van der Waals surface area contributed by atoms with Crippen LogP contribution in [0.15, 0.2) is 0 Å². The summed E-state index contributed by atoms with van der Waals surface area (Å²) in [5.74, 6) is -2.36. The molecule has 0 bridgehead atoms. The number of likely N-dealkylation sites (tertiary alicyclic amines) is 1. The molecule has 4 heteroatoms. The predicted molar refractivity (Wildman–Crippen MR) is 54.2 cm³/mol. The first kappa shape index (κ1) is 11.3. The zero-order valence-electron chi connectivity index (χ0n) is 9.27. The van der Waals surface area contributed by atoms with Crippen molar-refractivity contribution < 1.29 is 13.5 Å². The fourth-order valence-electron chi connectivity index (χ4n) is 2.86. The highest BCUT2D eigenvalue weighted by Gasteiger charge is 2.61. The Morgan fingerprint density at radius 3 is 2.47 bits per heavy atom. The molecule has 88 valence electrons. The van der Waals surface area contributed by atoms with Gasteiger partial charge in [-0.3, -0.25) is 0 Å². The minimum Gasteiger partial charge on any atom is -0.382 e. The Balaban J connectivity index is 1.55. The summed E-state index contributed by atoms with van der Waals surface area (Å²) in [5, 5.41) is 0. The number of alkyl halides is 2. The van der Waals surface area contributed by atoms with Crippen LogP contribution in [-0.2, 0) is 4.74 Å². The van der Waals surface area contributed by atoms with Gasteiger partial charge in [0.15, 0.2) is 0 Å². The highest BCUT2D eigenvalue weighted by atomic mass is 19.3. The quantitative estimate of drug-likeness (QED) is 0.657. The zero-order chi connectivity index (χ0) is 10.9. The van der Waals surface area contributed by atoms with E-state index in [2.05, 4.69) is 4.90 Å². The molecule has 1 spiro atoms. The van der Waals surface area contributed by atoms with Crippen LogP contribution in [0.4, 0.5) is 8.78 Å². The van der Waals surface area contributed by atoms with Crippen LogP contribution in [0, 0.1) is 5.41 Å². The van der Waals surface area contributed by atoms with Gasteiger partial charge in [-0.15, -0.1) is 0 Å². The Bertz CT molecular complexity index is 217. The molecule has 1 aliphatic heterocycles. The van der Waals surface area contributed by atoms with Crippen LogP contribution >= 0.6 is 0 Å². The van der Waals surface area contributed by atoms with Crippen LogP contribution < -0.4 is 0 Å². The largest absolute Gasteiger partial charge is 0.382 e. The van der Waals surface area contributed by atoms with Crippen LogP contribution in [0.25, 0.3) is 0 Å². The Morgan fingerprint density at radius 2 is 1.93 bits per heavy atom. The van der Waals surface area contributed by atoms with E-state index < -0.39 is 5.92 Å². The molecule has 0 N–H and O–H groups in total. The molecule has 0 atom stereocenters. The third kappa shape index (κ3) is 2.48. The smallest absolute Gasteiger partial charge is 0.249 e. The molecule has 1 aliphatic carbocycles. The molecule has 0 aromatic rings. The lowest BCUT2D eigenvalue weighted by Crippen LogP contribution is -2.65. The van der Waals surface area contributed by atoms with Crippen LogP contribution in [-0.4, -0.2) is 43.7 Å². The second kappa shape index (κ2) is 3.98. The maximum absolute atomic E-state index is 12.7. The van der Waals surface area contributed by atoms with E-state index in [1.54, 1.807) is 0 Å². The summed E-state index contributed by atoms with van der Waals surface area (Å²) in [6.45, 7) is 6.26. The number of hydrogen-bond donors (Lipinski definition) is 0. The Kier molecular flexibility index (Phi) is 2.99. The second-order valence-corrected chi connectivity index (χ2v) is 4.97. The van der Waals surface area contributed by atoms with Crippen LogP contribution in [0.3, 0.4) is 0 Å². The molecule has 0 amide bonds. The Hall–Kier alpha value is -0.220. The van der Waals surface area contributed by atoms with Crippen molar-refractivity contribution in [3.8, 4) is 0 Å². The van der Waals surface area contributed by atoms with E-state index in [0.717, 1.165) is 39.3 Å². The molecule has 0 unspecified atom stereocenters. The maximum atomic E-state index is 12.7. The van der Waals surface area contributed by atoms with Gasteiger partial charge in [0.2, 0.25) is 5.92 Å². The van der Waals surface area contributed by atoms with Crippen LogP contribution in [0.2, 0.25) is 0 Å². The van der Waals surface area contributed by atoms with Crippen molar-refractivity contribution in [2.24, 2.45) is 5.41 Å². The molecular weight excluding hydrogens is 200 g/mol. The number of ether oxygens (including phenoxy) is 1. The van der Waals surface area contributed by atoms with Gasteiger partial charge in [-0.25, -0.2) is 8.78 Å². The van der Waals surface area contributed by atoms with Crippen molar-refractivity contribution in [2.75, 3.05) is 32.8 Å². The van der Waals surface area contributed by atoms with Crippen LogP contribution in [0.1, 0.15) is 26.2 Å². The average Bonchev–Trinajstić information content (AvgIpc) is 2.05. The van der Waals surface area contributed by atoms with Gasteiger partial charge in [0.25, 0.3) is 0 Å². The minimum absolute atomic E-state index is 0.0187. The highest BCUT2D eigenvalue weighted by Crippen LogP contribution is 2.56. The normalized spacial score (nSPS) is 27.4.